The summed E-state index contributed by atoms with van der Waals surface area (Å²) in [6.07, 6.45) is 8.06. The summed E-state index contributed by atoms with van der Waals surface area (Å²) < 4.78 is 0. The zero-order valence-electron chi connectivity index (χ0n) is 22.4. The van der Waals surface area contributed by atoms with Crippen molar-refractivity contribution in [3.63, 3.8) is 0 Å². The van der Waals surface area contributed by atoms with E-state index in [4.69, 9.17) is 0 Å². The van der Waals surface area contributed by atoms with Gasteiger partial charge in [0.2, 0.25) is 0 Å². The monoisotopic (exact) mass is 486 g/mol. The van der Waals surface area contributed by atoms with Crippen molar-refractivity contribution < 1.29 is 0 Å². The number of nitrogens with zero attached hydrogens (tertiary/aromatic N) is 4. The van der Waals surface area contributed by atoms with Crippen LogP contribution in [-0.2, 0) is 0 Å². The summed E-state index contributed by atoms with van der Waals surface area (Å²) in [6.45, 7) is 11.3. The van der Waals surface area contributed by atoms with Crippen LogP contribution in [0.15, 0.2) is 60.7 Å². The summed E-state index contributed by atoms with van der Waals surface area (Å²) in [5.41, 5.74) is 3.48. The van der Waals surface area contributed by atoms with E-state index in [9.17, 15) is 0 Å². The number of likely N-dealkylation sites (N-methyl/N-ethyl adjacent to an activating group) is 1. The fraction of sp³-hybridized carbons (Fsp3) is 0.625. The molecule has 1 aliphatic carbocycles. The predicted molar refractivity (Wildman–Crippen MR) is 150 cm³/mol. The van der Waals surface area contributed by atoms with Crippen LogP contribution >= 0.6 is 0 Å². The molecule has 4 heteroatoms. The Morgan fingerprint density at radius 2 is 1.28 bits per heavy atom. The second kappa shape index (κ2) is 10.9. The molecule has 4 heterocycles. The molecule has 2 aromatic rings. The van der Waals surface area contributed by atoms with Crippen molar-refractivity contribution in [3.8, 4) is 0 Å². The summed E-state index contributed by atoms with van der Waals surface area (Å²) in [6, 6.07) is 23.8. The van der Waals surface area contributed by atoms with E-state index in [1.54, 1.807) is 11.1 Å². The van der Waals surface area contributed by atoms with Crippen LogP contribution in [0.2, 0.25) is 0 Å². The maximum atomic E-state index is 2.95. The third-order valence-electron chi connectivity index (χ3n) is 10.1. The lowest BCUT2D eigenvalue weighted by molar-refractivity contribution is 0.0461. The third kappa shape index (κ3) is 5.03. The molecule has 194 valence electrons. The van der Waals surface area contributed by atoms with Crippen LogP contribution in [0.5, 0.6) is 0 Å². The smallest absolute Gasteiger partial charge is 0.0234 e. The molecule has 7 rings (SSSR count). The van der Waals surface area contributed by atoms with Gasteiger partial charge in [-0.15, -0.1) is 0 Å². The third-order valence-corrected chi connectivity index (χ3v) is 10.1. The largest absolute Gasteiger partial charge is 0.304 e. The highest BCUT2D eigenvalue weighted by Crippen LogP contribution is 2.54. The molecule has 4 saturated heterocycles. The standard InChI is InChI=1S/C32H46N4/c1-33-21-23-34(24-22-33)16-10-17-35-20-15-32(36-18-8-9-19-36)25-29(27-11-4-2-5-12-27)31(35)30(26-32)28-13-6-3-7-14-28/h2-7,11-14,29-31H,8-10,15-26H2,1H3. The Bertz CT molecular complexity index is 899. The van der Waals surface area contributed by atoms with Crippen molar-refractivity contribution in [2.24, 2.45) is 0 Å². The molecule has 0 amide bonds. The number of piperazine rings is 1. The fourth-order valence-corrected chi connectivity index (χ4v) is 8.11. The minimum absolute atomic E-state index is 0.347. The molecule has 0 N–H and O–H groups in total. The first kappa shape index (κ1) is 24.6. The van der Waals surface area contributed by atoms with Gasteiger partial charge < -0.3 is 9.80 Å². The molecule has 4 nitrogen and oxygen atoms in total. The quantitative estimate of drug-likeness (QED) is 0.552. The van der Waals surface area contributed by atoms with Gasteiger partial charge in [-0.05, 0) is 82.9 Å². The number of rotatable bonds is 7. The van der Waals surface area contributed by atoms with Gasteiger partial charge in [0.15, 0.2) is 0 Å². The summed E-state index contributed by atoms with van der Waals surface area (Å²) >= 11 is 0. The average molecular weight is 487 g/mol. The van der Waals surface area contributed by atoms with Crippen LogP contribution in [0.4, 0.5) is 0 Å². The zero-order valence-corrected chi connectivity index (χ0v) is 22.4. The van der Waals surface area contributed by atoms with Gasteiger partial charge in [0.1, 0.15) is 0 Å². The normalized spacial score (nSPS) is 32.6. The number of fused-ring (bicyclic) bond motifs is 4. The lowest BCUT2D eigenvalue weighted by atomic mass is 9.63. The first-order valence-corrected chi connectivity index (χ1v) is 14.7. The van der Waals surface area contributed by atoms with Crippen molar-refractivity contribution in [2.75, 3.05) is 66.0 Å². The lowest BCUT2D eigenvalue weighted by Gasteiger charge is -2.52. The van der Waals surface area contributed by atoms with Crippen molar-refractivity contribution in [3.05, 3.63) is 71.8 Å². The van der Waals surface area contributed by atoms with E-state index in [1.807, 2.05) is 0 Å². The molecule has 0 spiro atoms. The van der Waals surface area contributed by atoms with Crippen LogP contribution in [0, 0.1) is 0 Å². The van der Waals surface area contributed by atoms with E-state index >= 15 is 0 Å². The van der Waals surface area contributed by atoms with Crippen molar-refractivity contribution in [1.29, 1.82) is 0 Å². The summed E-state index contributed by atoms with van der Waals surface area (Å²) in [5, 5.41) is 0. The van der Waals surface area contributed by atoms with E-state index in [-0.39, 0.29) is 0 Å². The SMILES string of the molecule is CN1CCN(CCCN2CCC3(N4CCCC4)CC(c4ccccc4)C2C(c2ccccc2)C3)CC1. The lowest BCUT2D eigenvalue weighted by Crippen LogP contribution is -2.54. The number of likely N-dealkylation sites (tertiary alicyclic amines) is 1. The highest BCUT2D eigenvalue weighted by Gasteiger charge is 2.54. The van der Waals surface area contributed by atoms with Crippen molar-refractivity contribution >= 4 is 0 Å². The predicted octanol–water partition coefficient (Wildman–Crippen LogP) is 4.89. The van der Waals surface area contributed by atoms with E-state index < -0.39 is 0 Å². The van der Waals surface area contributed by atoms with E-state index in [2.05, 4.69) is 87.3 Å². The van der Waals surface area contributed by atoms with Gasteiger partial charge in [-0.2, -0.15) is 0 Å². The zero-order chi connectivity index (χ0) is 24.4. The molecule has 0 radical (unpaired) electrons. The van der Waals surface area contributed by atoms with Gasteiger partial charge in [-0.1, -0.05) is 60.7 Å². The Balaban J connectivity index is 1.31. The Morgan fingerprint density at radius 3 is 1.86 bits per heavy atom. The van der Waals surface area contributed by atoms with E-state index in [0.717, 1.165) is 0 Å². The second-order valence-electron chi connectivity index (χ2n) is 12.1. The van der Waals surface area contributed by atoms with Crippen molar-refractivity contribution in [1.82, 2.24) is 19.6 Å². The molecule has 2 aromatic carbocycles. The molecule has 2 bridgehead atoms. The molecule has 2 atom stereocenters. The van der Waals surface area contributed by atoms with Gasteiger partial charge in [0.05, 0.1) is 0 Å². The van der Waals surface area contributed by atoms with Gasteiger partial charge in [0, 0.05) is 56.1 Å². The number of hydrogen-bond acceptors (Lipinski definition) is 4. The summed E-state index contributed by atoms with van der Waals surface area (Å²) in [4.78, 5) is 11.1. The van der Waals surface area contributed by atoms with Crippen LogP contribution in [0.25, 0.3) is 0 Å². The Kier molecular flexibility index (Phi) is 7.48. The summed E-state index contributed by atoms with van der Waals surface area (Å²) in [7, 11) is 2.26. The topological polar surface area (TPSA) is 13.0 Å². The van der Waals surface area contributed by atoms with Crippen molar-refractivity contribution in [2.45, 2.75) is 61.9 Å². The maximum Gasteiger partial charge on any atom is 0.0234 e. The van der Waals surface area contributed by atoms with Gasteiger partial charge in [0.25, 0.3) is 0 Å². The first-order valence-electron chi connectivity index (χ1n) is 14.7. The molecule has 36 heavy (non-hydrogen) atoms. The van der Waals surface area contributed by atoms with E-state index in [0.29, 0.717) is 23.4 Å². The van der Waals surface area contributed by atoms with Gasteiger partial charge >= 0.3 is 0 Å². The van der Waals surface area contributed by atoms with E-state index in [1.165, 1.54) is 97.4 Å². The van der Waals surface area contributed by atoms with Crippen LogP contribution in [-0.4, -0.2) is 97.1 Å². The molecule has 0 aromatic heterocycles. The molecule has 5 aliphatic rings. The molecule has 1 saturated carbocycles. The molecule has 2 unspecified atom stereocenters. The van der Waals surface area contributed by atoms with Gasteiger partial charge in [-0.25, -0.2) is 0 Å². The van der Waals surface area contributed by atoms with Crippen LogP contribution < -0.4 is 0 Å². The minimum Gasteiger partial charge on any atom is -0.304 e. The Morgan fingerprint density at radius 1 is 0.694 bits per heavy atom. The molecular formula is C32H46N4. The van der Waals surface area contributed by atoms with Gasteiger partial charge in [-0.3, -0.25) is 9.80 Å². The molecular weight excluding hydrogens is 440 g/mol. The van der Waals surface area contributed by atoms with Crippen LogP contribution in [0.1, 0.15) is 61.5 Å². The maximum absolute atomic E-state index is 2.95. The van der Waals surface area contributed by atoms with Crippen LogP contribution in [0.3, 0.4) is 0 Å². The highest BCUT2D eigenvalue weighted by atomic mass is 15.3. The minimum atomic E-state index is 0.347. The highest BCUT2D eigenvalue weighted by molar-refractivity contribution is 5.32. The number of hydrogen-bond donors (Lipinski definition) is 0. The second-order valence-corrected chi connectivity index (χ2v) is 12.1. The Hall–Kier alpha value is -1.72. The first-order chi connectivity index (χ1) is 17.7. The Labute approximate surface area is 219 Å². The summed E-state index contributed by atoms with van der Waals surface area (Å²) in [5.74, 6) is 1.22. The number of benzene rings is 2. The molecule has 5 fully saturated rings. The average Bonchev–Trinajstić information content (AvgIpc) is 3.38. The molecule has 4 aliphatic heterocycles. The fourth-order valence-electron chi connectivity index (χ4n) is 8.11.